The molecule has 1 heterocycles. The average Bonchev–Trinajstić information content (AvgIpc) is 2.94. The lowest BCUT2D eigenvalue weighted by Crippen LogP contribution is -2.24. The summed E-state index contributed by atoms with van der Waals surface area (Å²) in [6.45, 7) is 3.41. The van der Waals surface area contributed by atoms with Gasteiger partial charge in [0, 0.05) is 18.2 Å². The summed E-state index contributed by atoms with van der Waals surface area (Å²) in [5.74, 6) is -1.01. The van der Waals surface area contributed by atoms with Crippen LogP contribution in [0.1, 0.15) is 44.2 Å². The summed E-state index contributed by atoms with van der Waals surface area (Å²) in [4.78, 5) is 0. The van der Waals surface area contributed by atoms with Crippen molar-refractivity contribution in [1.29, 1.82) is 0 Å². The number of ether oxygens (including phenoxy) is 1. The van der Waals surface area contributed by atoms with Gasteiger partial charge in [-0.25, -0.2) is 8.78 Å². The first-order valence-corrected chi connectivity index (χ1v) is 7.91. The average molecular weight is 348 g/mol. The Morgan fingerprint density at radius 3 is 2.90 bits per heavy atom. The molecule has 0 bridgehead atoms. The number of hydrogen-bond donors (Lipinski definition) is 1. The number of nitrogens with one attached hydrogen (secondary N) is 1. The molecular weight excluding hydrogens is 328 g/mol. The third kappa shape index (κ3) is 3.77. The highest BCUT2D eigenvalue weighted by molar-refractivity contribution is 9.10. The Morgan fingerprint density at radius 1 is 1.45 bits per heavy atom. The fourth-order valence-electron chi connectivity index (χ4n) is 2.68. The van der Waals surface area contributed by atoms with Crippen LogP contribution in [0, 0.1) is 11.6 Å². The first kappa shape index (κ1) is 15.9. The zero-order valence-electron chi connectivity index (χ0n) is 11.6. The van der Waals surface area contributed by atoms with Crippen LogP contribution in [0.15, 0.2) is 16.6 Å². The molecule has 5 heteroatoms. The topological polar surface area (TPSA) is 21.3 Å². The van der Waals surface area contributed by atoms with Gasteiger partial charge < -0.3 is 10.1 Å². The molecule has 0 amide bonds. The normalized spacial score (nSPS) is 20.3. The van der Waals surface area contributed by atoms with Crippen LogP contribution in [0.5, 0.6) is 0 Å². The van der Waals surface area contributed by atoms with Crippen molar-refractivity contribution in [1.82, 2.24) is 5.32 Å². The van der Waals surface area contributed by atoms with E-state index in [2.05, 4.69) is 21.2 Å². The van der Waals surface area contributed by atoms with Crippen LogP contribution >= 0.6 is 15.9 Å². The van der Waals surface area contributed by atoms with Crippen molar-refractivity contribution in [3.8, 4) is 0 Å². The third-order valence-corrected chi connectivity index (χ3v) is 4.29. The Morgan fingerprint density at radius 2 is 2.25 bits per heavy atom. The van der Waals surface area contributed by atoms with E-state index in [-0.39, 0.29) is 17.7 Å². The van der Waals surface area contributed by atoms with Crippen LogP contribution in [0.2, 0.25) is 0 Å². The molecule has 0 radical (unpaired) electrons. The minimum Gasteiger partial charge on any atom is -0.378 e. The lowest BCUT2D eigenvalue weighted by molar-refractivity contribution is 0.0993. The summed E-state index contributed by atoms with van der Waals surface area (Å²) in [5.41, 5.74) is 0.124. The maximum Gasteiger partial charge on any atom is 0.145 e. The summed E-state index contributed by atoms with van der Waals surface area (Å²) in [6, 6.07) is 2.39. The predicted molar refractivity (Wildman–Crippen MR) is 78.7 cm³/mol. The molecule has 1 aromatic carbocycles. The van der Waals surface area contributed by atoms with Crippen molar-refractivity contribution in [3.63, 3.8) is 0 Å². The quantitative estimate of drug-likeness (QED) is 0.773. The van der Waals surface area contributed by atoms with E-state index in [1.807, 2.05) is 6.92 Å². The third-order valence-electron chi connectivity index (χ3n) is 3.68. The molecule has 2 nitrogen and oxygen atoms in total. The molecule has 1 N–H and O–H groups in total. The van der Waals surface area contributed by atoms with Crippen LogP contribution in [-0.2, 0) is 4.74 Å². The zero-order valence-corrected chi connectivity index (χ0v) is 13.2. The van der Waals surface area contributed by atoms with Crippen LogP contribution in [0.25, 0.3) is 0 Å². The number of rotatable bonds is 6. The first-order chi connectivity index (χ1) is 9.63. The Bertz CT molecular complexity index is 450. The van der Waals surface area contributed by atoms with E-state index in [0.717, 1.165) is 25.9 Å². The molecule has 0 spiro atoms. The highest BCUT2D eigenvalue weighted by Crippen LogP contribution is 2.30. The van der Waals surface area contributed by atoms with Crippen molar-refractivity contribution in [3.05, 3.63) is 33.8 Å². The summed E-state index contributed by atoms with van der Waals surface area (Å²) in [5, 5.41) is 3.18. The molecule has 20 heavy (non-hydrogen) atoms. The predicted octanol–water partition coefficient (Wildman–Crippen LogP) is 4.34. The van der Waals surface area contributed by atoms with Crippen LogP contribution < -0.4 is 5.32 Å². The molecule has 2 rings (SSSR count). The fourth-order valence-corrected chi connectivity index (χ4v) is 3.03. The summed E-state index contributed by atoms with van der Waals surface area (Å²) in [7, 11) is 0. The van der Waals surface area contributed by atoms with Gasteiger partial charge in [-0.3, -0.25) is 0 Å². The lowest BCUT2D eigenvalue weighted by atomic mass is 9.98. The van der Waals surface area contributed by atoms with Crippen molar-refractivity contribution in [2.45, 2.75) is 44.8 Å². The largest absolute Gasteiger partial charge is 0.378 e. The van der Waals surface area contributed by atoms with E-state index in [1.165, 1.54) is 12.1 Å². The minimum absolute atomic E-state index is 0.124. The van der Waals surface area contributed by atoms with Crippen LogP contribution in [0.4, 0.5) is 8.78 Å². The fraction of sp³-hybridized carbons (Fsp3) is 0.600. The van der Waals surface area contributed by atoms with Gasteiger partial charge in [-0.05, 0) is 60.3 Å². The summed E-state index contributed by atoms with van der Waals surface area (Å²) in [6.07, 6.45) is 3.85. The van der Waals surface area contributed by atoms with Gasteiger partial charge in [0.2, 0.25) is 0 Å². The van der Waals surface area contributed by atoms with Crippen molar-refractivity contribution < 1.29 is 13.5 Å². The van der Waals surface area contributed by atoms with Crippen LogP contribution in [0.3, 0.4) is 0 Å². The maximum absolute atomic E-state index is 14.2. The lowest BCUT2D eigenvalue weighted by Gasteiger charge is -2.21. The van der Waals surface area contributed by atoms with E-state index in [4.69, 9.17) is 4.74 Å². The molecule has 1 aromatic rings. The Kier molecular flexibility index (Phi) is 5.93. The van der Waals surface area contributed by atoms with Gasteiger partial charge in [0.15, 0.2) is 0 Å². The van der Waals surface area contributed by atoms with Crippen molar-refractivity contribution in [2.24, 2.45) is 0 Å². The summed E-state index contributed by atoms with van der Waals surface area (Å²) < 4.78 is 34.0. The van der Waals surface area contributed by atoms with Crippen LogP contribution in [-0.4, -0.2) is 19.3 Å². The Balaban J connectivity index is 2.12. The van der Waals surface area contributed by atoms with Crippen molar-refractivity contribution in [2.75, 3.05) is 13.2 Å². The molecule has 0 aromatic heterocycles. The van der Waals surface area contributed by atoms with Gasteiger partial charge in [-0.1, -0.05) is 6.92 Å². The SMILES string of the molecule is CCNC(CCC1CCCO1)c1c(F)ccc(Br)c1F. The highest BCUT2D eigenvalue weighted by Gasteiger charge is 2.24. The van der Waals surface area contributed by atoms with E-state index in [9.17, 15) is 8.78 Å². The van der Waals surface area contributed by atoms with Gasteiger partial charge >= 0.3 is 0 Å². The molecular formula is C15H20BrF2NO. The second-order valence-electron chi connectivity index (χ2n) is 5.08. The van der Waals surface area contributed by atoms with Gasteiger partial charge in [-0.15, -0.1) is 0 Å². The monoisotopic (exact) mass is 347 g/mol. The van der Waals surface area contributed by atoms with E-state index in [1.54, 1.807) is 0 Å². The second kappa shape index (κ2) is 7.48. The summed E-state index contributed by atoms with van der Waals surface area (Å²) >= 11 is 3.12. The molecule has 1 saturated heterocycles. The Hall–Kier alpha value is -0.520. The van der Waals surface area contributed by atoms with Gasteiger partial charge in [0.1, 0.15) is 11.6 Å². The molecule has 2 atom stereocenters. The van der Waals surface area contributed by atoms with Gasteiger partial charge in [0.05, 0.1) is 10.6 Å². The maximum atomic E-state index is 14.2. The number of hydrogen-bond acceptors (Lipinski definition) is 2. The standard InChI is InChI=1S/C15H20BrF2NO/c1-2-19-13(8-5-10-4-3-9-20-10)14-12(17)7-6-11(16)15(14)18/h6-7,10,13,19H,2-5,8-9H2,1H3. The van der Waals surface area contributed by atoms with E-state index < -0.39 is 11.6 Å². The Labute approximate surface area is 127 Å². The minimum atomic E-state index is -0.511. The molecule has 0 saturated carbocycles. The molecule has 1 aliphatic rings. The molecule has 0 aliphatic carbocycles. The molecule has 1 fully saturated rings. The van der Waals surface area contributed by atoms with Crippen molar-refractivity contribution >= 4 is 15.9 Å². The highest BCUT2D eigenvalue weighted by atomic mass is 79.9. The van der Waals surface area contributed by atoms with E-state index in [0.29, 0.717) is 17.4 Å². The first-order valence-electron chi connectivity index (χ1n) is 7.11. The van der Waals surface area contributed by atoms with Gasteiger partial charge in [-0.2, -0.15) is 0 Å². The van der Waals surface area contributed by atoms with Gasteiger partial charge in [0.25, 0.3) is 0 Å². The molecule has 1 aliphatic heterocycles. The zero-order chi connectivity index (χ0) is 14.5. The smallest absolute Gasteiger partial charge is 0.145 e. The molecule has 112 valence electrons. The second-order valence-corrected chi connectivity index (χ2v) is 5.93. The molecule has 2 unspecified atom stereocenters. The number of halogens is 3. The number of benzene rings is 1. The van der Waals surface area contributed by atoms with E-state index >= 15 is 0 Å².